The van der Waals surface area contributed by atoms with Gasteiger partial charge in [0.25, 0.3) is 0 Å². The van der Waals surface area contributed by atoms with Crippen LogP contribution in [0.3, 0.4) is 0 Å². The molecule has 2 amide bonds. The highest BCUT2D eigenvalue weighted by Gasteiger charge is 2.31. The molecule has 3 rings (SSSR count). The van der Waals surface area contributed by atoms with Crippen LogP contribution in [0, 0.1) is 0 Å². The first kappa shape index (κ1) is 17.5. The highest BCUT2D eigenvalue weighted by atomic mass is 16.4. The van der Waals surface area contributed by atoms with E-state index in [2.05, 4.69) is 18.7 Å². The number of rotatable bonds is 3. The molecule has 0 aliphatic carbocycles. The predicted molar refractivity (Wildman–Crippen MR) is 97.8 cm³/mol. The van der Waals surface area contributed by atoms with E-state index in [9.17, 15) is 9.59 Å². The fourth-order valence-electron chi connectivity index (χ4n) is 3.64. The van der Waals surface area contributed by atoms with Gasteiger partial charge in [0.05, 0.1) is 6.54 Å². The fraction of sp³-hybridized carbons (Fsp3) is 0.474. The van der Waals surface area contributed by atoms with E-state index in [4.69, 9.17) is 5.11 Å². The lowest BCUT2D eigenvalue weighted by Crippen LogP contribution is -2.55. The summed E-state index contributed by atoms with van der Waals surface area (Å²) >= 11 is 0. The molecule has 25 heavy (non-hydrogen) atoms. The van der Waals surface area contributed by atoms with Crippen LogP contribution in [0.2, 0.25) is 0 Å². The van der Waals surface area contributed by atoms with Crippen LogP contribution in [0.25, 0.3) is 5.57 Å². The molecule has 2 aliphatic heterocycles. The Morgan fingerprint density at radius 1 is 1.28 bits per heavy atom. The number of hydrogen-bond acceptors (Lipinski definition) is 3. The van der Waals surface area contributed by atoms with Gasteiger partial charge < -0.3 is 14.9 Å². The maximum Gasteiger partial charge on any atom is 0.407 e. The van der Waals surface area contributed by atoms with E-state index in [0.717, 1.165) is 23.2 Å². The maximum atomic E-state index is 12.8. The van der Waals surface area contributed by atoms with Crippen molar-refractivity contribution in [2.75, 3.05) is 37.6 Å². The minimum Gasteiger partial charge on any atom is -0.465 e. The van der Waals surface area contributed by atoms with Crippen LogP contribution in [0.15, 0.2) is 24.8 Å². The zero-order chi connectivity index (χ0) is 18.1. The Kier molecular flexibility index (Phi) is 4.81. The van der Waals surface area contributed by atoms with Crippen LogP contribution >= 0.6 is 0 Å². The van der Waals surface area contributed by atoms with Gasteiger partial charge in [-0.05, 0) is 37.5 Å². The van der Waals surface area contributed by atoms with Crippen molar-refractivity contribution in [2.45, 2.75) is 26.3 Å². The summed E-state index contributed by atoms with van der Waals surface area (Å²) < 4.78 is 0. The summed E-state index contributed by atoms with van der Waals surface area (Å²) in [4.78, 5) is 29.3. The van der Waals surface area contributed by atoms with Crippen LogP contribution < -0.4 is 4.90 Å². The van der Waals surface area contributed by atoms with Crippen LogP contribution in [0.5, 0.6) is 0 Å². The van der Waals surface area contributed by atoms with E-state index < -0.39 is 6.09 Å². The number of carboxylic acid groups (broad SMARTS) is 1. The molecule has 1 atom stereocenters. The first-order valence-corrected chi connectivity index (χ1v) is 8.68. The Balaban J connectivity index is 1.67. The highest BCUT2D eigenvalue weighted by Crippen LogP contribution is 2.31. The fourth-order valence-corrected chi connectivity index (χ4v) is 3.64. The molecule has 1 fully saturated rings. The summed E-state index contributed by atoms with van der Waals surface area (Å²) in [5, 5.41) is 9.15. The van der Waals surface area contributed by atoms with Crippen LogP contribution in [0.4, 0.5) is 10.5 Å². The predicted octanol–water partition coefficient (Wildman–Crippen LogP) is 2.29. The minimum absolute atomic E-state index is 0.0774. The number of allylic oxidation sites excluding steroid dienone is 1. The van der Waals surface area contributed by atoms with Crippen LogP contribution in [-0.2, 0) is 11.2 Å². The molecule has 6 heteroatoms. The first-order chi connectivity index (χ1) is 11.9. The molecule has 2 heterocycles. The number of hydrogen-bond donors (Lipinski definition) is 1. The van der Waals surface area contributed by atoms with Gasteiger partial charge in [-0.2, -0.15) is 0 Å². The topological polar surface area (TPSA) is 64.1 Å². The zero-order valence-corrected chi connectivity index (χ0v) is 14.9. The van der Waals surface area contributed by atoms with E-state index in [1.807, 2.05) is 29.7 Å². The third-order valence-corrected chi connectivity index (χ3v) is 5.09. The summed E-state index contributed by atoms with van der Waals surface area (Å²) in [6.45, 7) is 10.5. The van der Waals surface area contributed by atoms with Crippen LogP contribution in [-0.4, -0.2) is 65.7 Å². The quantitative estimate of drug-likeness (QED) is 0.915. The Morgan fingerprint density at radius 2 is 2.04 bits per heavy atom. The zero-order valence-electron chi connectivity index (χ0n) is 14.9. The Morgan fingerprint density at radius 3 is 2.68 bits per heavy atom. The molecule has 0 radical (unpaired) electrons. The molecule has 1 N–H and O–H groups in total. The van der Waals surface area contributed by atoms with Gasteiger partial charge in [0.1, 0.15) is 0 Å². The number of anilines is 1. The van der Waals surface area contributed by atoms with Crippen molar-refractivity contribution >= 4 is 23.3 Å². The lowest BCUT2D eigenvalue weighted by molar-refractivity contribution is -0.120. The number of nitrogens with zero attached hydrogens (tertiary/aromatic N) is 3. The van der Waals surface area contributed by atoms with Crippen molar-refractivity contribution < 1.29 is 14.7 Å². The van der Waals surface area contributed by atoms with Crippen molar-refractivity contribution in [1.82, 2.24) is 9.80 Å². The molecule has 0 saturated carbocycles. The lowest BCUT2D eigenvalue weighted by Gasteiger charge is -2.38. The number of piperazine rings is 1. The largest absolute Gasteiger partial charge is 0.465 e. The number of fused-ring (bicyclic) bond motifs is 1. The SMILES string of the molecule is C=C(C)c1ccc2c(c1)N(C(=O)CN1CCN(C(=O)O)C(C)C1)CC2. The molecular formula is C19H25N3O3. The van der Waals surface area contributed by atoms with E-state index in [0.29, 0.717) is 32.7 Å². The van der Waals surface area contributed by atoms with Crippen LogP contribution in [0.1, 0.15) is 25.0 Å². The normalized spacial score (nSPS) is 20.5. The molecule has 1 aromatic carbocycles. The second kappa shape index (κ2) is 6.88. The highest BCUT2D eigenvalue weighted by molar-refractivity contribution is 5.97. The van der Waals surface area contributed by atoms with Gasteiger partial charge in [-0.1, -0.05) is 24.3 Å². The number of carbonyl (C=O) groups is 2. The van der Waals surface area contributed by atoms with Gasteiger partial charge in [-0.25, -0.2) is 4.79 Å². The van der Waals surface area contributed by atoms with Gasteiger partial charge in [-0.15, -0.1) is 0 Å². The maximum absolute atomic E-state index is 12.8. The molecule has 6 nitrogen and oxygen atoms in total. The molecule has 0 spiro atoms. The van der Waals surface area contributed by atoms with Gasteiger partial charge in [0.15, 0.2) is 0 Å². The average molecular weight is 343 g/mol. The van der Waals surface area contributed by atoms with Gasteiger partial charge in [-0.3, -0.25) is 9.69 Å². The Hall–Kier alpha value is -2.34. The van der Waals surface area contributed by atoms with Crippen molar-refractivity contribution in [3.05, 3.63) is 35.9 Å². The lowest BCUT2D eigenvalue weighted by atomic mass is 10.0. The van der Waals surface area contributed by atoms with Gasteiger partial charge in [0.2, 0.25) is 5.91 Å². The van der Waals surface area contributed by atoms with Crippen molar-refractivity contribution in [2.24, 2.45) is 0 Å². The molecule has 2 aliphatic rings. The summed E-state index contributed by atoms with van der Waals surface area (Å²) in [6, 6.07) is 6.09. The van der Waals surface area contributed by atoms with E-state index in [-0.39, 0.29) is 11.9 Å². The molecule has 134 valence electrons. The first-order valence-electron chi connectivity index (χ1n) is 8.68. The monoisotopic (exact) mass is 343 g/mol. The third kappa shape index (κ3) is 3.54. The van der Waals surface area contributed by atoms with E-state index in [1.54, 1.807) is 0 Å². The minimum atomic E-state index is -0.890. The summed E-state index contributed by atoms with van der Waals surface area (Å²) in [5.74, 6) is 0.0774. The summed E-state index contributed by atoms with van der Waals surface area (Å²) in [5.41, 5.74) is 4.23. The molecule has 1 saturated heterocycles. The second-order valence-corrected chi connectivity index (χ2v) is 6.98. The average Bonchev–Trinajstić information content (AvgIpc) is 2.97. The Labute approximate surface area is 148 Å². The summed E-state index contributed by atoms with van der Waals surface area (Å²) in [6.07, 6.45) is -0.0138. The second-order valence-electron chi connectivity index (χ2n) is 6.98. The molecule has 0 bridgehead atoms. The molecule has 0 aromatic heterocycles. The molecular weight excluding hydrogens is 318 g/mol. The smallest absolute Gasteiger partial charge is 0.407 e. The molecule has 1 unspecified atom stereocenters. The van der Waals surface area contributed by atoms with Gasteiger partial charge >= 0.3 is 6.09 Å². The van der Waals surface area contributed by atoms with Crippen molar-refractivity contribution in [1.29, 1.82) is 0 Å². The van der Waals surface area contributed by atoms with E-state index >= 15 is 0 Å². The standard InChI is InChI=1S/C19H25N3O3/c1-13(2)16-5-4-15-6-7-22(17(15)10-16)18(23)12-20-8-9-21(19(24)25)14(3)11-20/h4-5,10,14H,1,6-9,11-12H2,2-3H3,(H,24,25). The number of carbonyl (C=O) groups excluding carboxylic acids is 1. The Bertz CT molecular complexity index is 716. The van der Waals surface area contributed by atoms with Crippen molar-refractivity contribution in [3.8, 4) is 0 Å². The third-order valence-electron chi connectivity index (χ3n) is 5.09. The number of amides is 2. The van der Waals surface area contributed by atoms with E-state index in [1.165, 1.54) is 10.5 Å². The van der Waals surface area contributed by atoms with Gasteiger partial charge in [0, 0.05) is 37.9 Å². The summed E-state index contributed by atoms with van der Waals surface area (Å²) in [7, 11) is 0. The number of benzene rings is 1. The molecule has 1 aromatic rings. The van der Waals surface area contributed by atoms with Crippen molar-refractivity contribution in [3.63, 3.8) is 0 Å².